The van der Waals surface area contributed by atoms with Gasteiger partial charge in [0.1, 0.15) is 18.4 Å². The van der Waals surface area contributed by atoms with Crippen molar-refractivity contribution >= 4 is 51.2 Å². The van der Waals surface area contributed by atoms with Gasteiger partial charge >= 0.3 is 12.1 Å². The summed E-state index contributed by atoms with van der Waals surface area (Å²) in [5, 5.41) is 3.07. The predicted octanol–water partition coefficient (Wildman–Crippen LogP) is 3.22. The lowest BCUT2D eigenvalue weighted by atomic mass is 9.85. The molecule has 1 fully saturated rings. The van der Waals surface area contributed by atoms with E-state index in [1.54, 1.807) is 24.3 Å². The van der Waals surface area contributed by atoms with E-state index in [-0.39, 0.29) is 62.2 Å². The Morgan fingerprint density at radius 1 is 1.17 bits per heavy atom. The van der Waals surface area contributed by atoms with E-state index in [1.807, 2.05) is 0 Å². The van der Waals surface area contributed by atoms with E-state index >= 15 is 0 Å². The van der Waals surface area contributed by atoms with Crippen LogP contribution in [0.25, 0.3) is 0 Å². The van der Waals surface area contributed by atoms with Crippen LogP contribution in [0.4, 0.5) is 4.79 Å². The van der Waals surface area contributed by atoms with E-state index in [9.17, 15) is 27.6 Å². The number of esters is 1. The van der Waals surface area contributed by atoms with Crippen molar-refractivity contribution in [3.05, 3.63) is 34.9 Å². The summed E-state index contributed by atoms with van der Waals surface area (Å²) in [7, 11) is -0.710. The highest BCUT2D eigenvalue weighted by atomic mass is 35.5. The third-order valence-corrected chi connectivity index (χ3v) is 8.60. The highest BCUT2D eigenvalue weighted by molar-refractivity contribution is 7.89. The Balaban J connectivity index is 2.06. The van der Waals surface area contributed by atoms with E-state index in [4.69, 9.17) is 21.1 Å². The van der Waals surface area contributed by atoms with Crippen LogP contribution in [0.2, 0.25) is 5.02 Å². The van der Waals surface area contributed by atoms with Crippen LogP contribution in [0, 0.1) is 5.92 Å². The minimum Gasteiger partial charge on any atom is -0.467 e. The van der Waals surface area contributed by atoms with Crippen molar-refractivity contribution in [1.82, 2.24) is 14.9 Å². The zero-order valence-corrected chi connectivity index (χ0v) is 26.0. The fourth-order valence-corrected chi connectivity index (χ4v) is 5.27. The molecule has 0 bridgehead atoms. The molecule has 0 spiro atoms. The number of nitrogens with one attached hydrogen (secondary N) is 2. The van der Waals surface area contributed by atoms with Crippen LogP contribution in [0.15, 0.2) is 29.3 Å². The van der Waals surface area contributed by atoms with Gasteiger partial charge in [-0.25, -0.2) is 22.7 Å². The first-order chi connectivity index (χ1) is 19.9. The van der Waals surface area contributed by atoms with Gasteiger partial charge in [0.15, 0.2) is 0 Å². The topological polar surface area (TPSA) is 161 Å². The summed E-state index contributed by atoms with van der Waals surface area (Å²) in [6.45, 7) is 1.60. The average molecular weight is 629 g/mol. The number of benzene rings is 1. The van der Waals surface area contributed by atoms with Crippen LogP contribution in [-0.2, 0) is 40.5 Å². The molecule has 1 aliphatic carbocycles. The van der Waals surface area contributed by atoms with Crippen molar-refractivity contribution in [1.29, 1.82) is 0 Å². The first kappa shape index (κ1) is 35.2. The molecule has 3 amide bonds. The number of carbonyl (C=O) groups is 4. The van der Waals surface area contributed by atoms with Crippen molar-refractivity contribution in [3.63, 3.8) is 0 Å². The van der Waals surface area contributed by atoms with Crippen molar-refractivity contribution < 1.29 is 37.1 Å². The largest absolute Gasteiger partial charge is 0.467 e. The Morgan fingerprint density at radius 3 is 2.52 bits per heavy atom. The molecule has 1 aromatic carbocycles. The van der Waals surface area contributed by atoms with Gasteiger partial charge in [-0.05, 0) is 43.4 Å². The summed E-state index contributed by atoms with van der Waals surface area (Å²) in [4.78, 5) is 56.3. The summed E-state index contributed by atoms with van der Waals surface area (Å²) < 4.78 is 35.6. The number of ether oxygens (including phenoxy) is 2. The molecular formula is C28H41ClN4O8S. The molecule has 0 saturated heterocycles. The molecule has 1 aliphatic rings. The van der Waals surface area contributed by atoms with Crippen molar-refractivity contribution in [3.8, 4) is 0 Å². The van der Waals surface area contributed by atoms with Gasteiger partial charge in [0.2, 0.25) is 15.9 Å². The van der Waals surface area contributed by atoms with Crippen LogP contribution in [0.3, 0.4) is 0 Å². The second-order valence-electron chi connectivity index (χ2n) is 10.2. The number of methoxy groups -OCH3 is 1. The van der Waals surface area contributed by atoms with Gasteiger partial charge in [0.05, 0.1) is 12.9 Å². The summed E-state index contributed by atoms with van der Waals surface area (Å²) in [5.74, 6) is -1.74. The Hall–Kier alpha value is -3.03. The maximum atomic E-state index is 13.3. The Labute approximate surface area is 252 Å². The molecule has 2 rings (SSSR count). The van der Waals surface area contributed by atoms with E-state index in [2.05, 4.69) is 15.0 Å². The van der Waals surface area contributed by atoms with E-state index in [0.717, 1.165) is 32.1 Å². The molecule has 1 saturated carbocycles. The van der Waals surface area contributed by atoms with Gasteiger partial charge < -0.3 is 19.7 Å². The maximum Gasteiger partial charge on any atom is 0.434 e. The molecule has 0 heterocycles. The lowest BCUT2D eigenvalue weighted by Gasteiger charge is -2.23. The lowest BCUT2D eigenvalue weighted by Crippen LogP contribution is -2.46. The molecule has 0 aliphatic heterocycles. The van der Waals surface area contributed by atoms with Crippen molar-refractivity contribution in [2.75, 3.05) is 33.0 Å². The number of amides is 3. The van der Waals surface area contributed by atoms with Crippen LogP contribution in [-0.4, -0.2) is 81.9 Å². The molecule has 42 heavy (non-hydrogen) atoms. The molecule has 12 nitrogen and oxygen atoms in total. The van der Waals surface area contributed by atoms with Gasteiger partial charge in [0.25, 0.3) is 5.91 Å². The van der Waals surface area contributed by atoms with Crippen LogP contribution in [0.5, 0.6) is 0 Å². The molecule has 0 unspecified atom stereocenters. The second-order valence-corrected chi connectivity index (χ2v) is 12.7. The number of sulfonamides is 1. The number of aliphatic imine (C=N–C) groups is 1. The van der Waals surface area contributed by atoms with Crippen LogP contribution in [0.1, 0.15) is 63.9 Å². The monoisotopic (exact) mass is 628 g/mol. The zero-order valence-electron chi connectivity index (χ0n) is 24.4. The summed E-state index contributed by atoms with van der Waals surface area (Å²) in [5.41, 5.74) is 0.603. The number of hydrogen-bond donors (Lipinski definition) is 2. The van der Waals surface area contributed by atoms with E-state index in [0.29, 0.717) is 10.6 Å². The maximum absolute atomic E-state index is 13.3. The number of halogens is 1. The number of carbonyl (C=O) groups excluding carboxylic acids is 4. The first-order valence-electron chi connectivity index (χ1n) is 14.0. The number of nitrogens with zero attached hydrogens (tertiary/aromatic N) is 2. The summed E-state index contributed by atoms with van der Waals surface area (Å²) >= 11 is 5.98. The van der Waals surface area contributed by atoms with Gasteiger partial charge in [-0.3, -0.25) is 9.59 Å². The van der Waals surface area contributed by atoms with Gasteiger partial charge in [0, 0.05) is 31.6 Å². The van der Waals surface area contributed by atoms with Gasteiger partial charge in [-0.1, -0.05) is 55.8 Å². The lowest BCUT2D eigenvalue weighted by molar-refractivity contribution is -0.145. The first-order valence-corrected chi connectivity index (χ1v) is 16.1. The molecule has 2 N–H and O–H groups in total. The molecular weight excluding hydrogens is 588 g/mol. The Bertz CT molecular complexity index is 1220. The van der Waals surface area contributed by atoms with Gasteiger partial charge in [-0.2, -0.15) is 4.99 Å². The highest BCUT2D eigenvalue weighted by Crippen LogP contribution is 2.27. The third-order valence-electron chi connectivity index (χ3n) is 6.96. The normalized spacial score (nSPS) is 15.0. The summed E-state index contributed by atoms with van der Waals surface area (Å²) in [6, 6.07) is 5.63. The fourth-order valence-electron chi connectivity index (χ4n) is 4.46. The molecule has 1 aromatic rings. The Morgan fingerprint density at radius 2 is 1.88 bits per heavy atom. The minimum atomic E-state index is -3.39. The molecule has 14 heteroatoms. The molecule has 0 aromatic heterocycles. The van der Waals surface area contributed by atoms with Crippen LogP contribution >= 0.6 is 11.6 Å². The SMILES string of the molecule is CCS(=O)(=O)NCCN(C)C(=O)CC[C@H](NC(=O)/C(CC1CCCCC1)=N/C(=O)OCc1cccc(Cl)c1)C(=O)OC. The fraction of sp³-hybridized carbons (Fsp3) is 0.607. The predicted molar refractivity (Wildman–Crippen MR) is 159 cm³/mol. The summed E-state index contributed by atoms with van der Waals surface area (Å²) in [6.07, 6.45) is 4.01. The standard InChI is InChI=1S/C28H41ClN4O8S/c1-4-42(38,39)30-15-16-33(2)25(34)14-13-23(27(36)40-3)31-26(35)24(18-20-9-6-5-7-10-20)32-28(37)41-19-21-11-8-12-22(29)17-21/h8,11-12,17,20,23,30H,4-7,9-10,13-16,18-19H2,1-3H3,(H,31,35)/b32-24+/t23-/m0/s1. The molecule has 0 radical (unpaired) electrons. The zero-order chi connectivity index (χ0) is 31.1. The Kier molecular flexibility index (Phi) is 14.9. The quantitative estimate of drug-likeness (QED) is 0.221. The molecule has 234 valence electrons. The van der Waals surface area contributed by atoms with Crippen molar-refractivity contribution in [2.24, 2.45) is 10.9 Å². The van der Waals surface area contributed by atoms with E-state index < -0.39 is 34.0 Å². The smallest absolute Gasteiger partial charge is 0.434 e. The number of likely N-dealkylation sites (N-methyl/N-ethyl adjacent to an activating group) is 1. The second kappa shape index (κ2) is 17.8. The number of hydrogen-bond acceptors (Lipinski definition) is 8. The van der Waals surface area contributed by atoms with Gasteiger partial charge in [-0.15, -0.1) is 0 Å². The molecule has 1 atom stereocenters. The van der Waals surface area contributed by atoms with Crippen LogP contribution < -0.4 is 10.0 Å². The minimum absolute atomic E-state index is 0.0456. The van der Waals surface area contributed by atoms with Crippen molar-refractivity contribution in [2.45, 2.75) is 70.9 Å². The van der Waals surface area contributed by atoms with E-state index in [1.165, 1.54) is 26.0 Å². The number of rotatable bonds is 15. The highest BCUT2D eigenvalue weighted by Gasteiger charge is 2.28. The third kappa shape index (κ3) is 12.9. The average Bonchev–Trinajstić information content (AvgIpc) is 2.97.